The van der Waals surface area contributed by atoms with Crippen LogP contribution in [0.5, 0.6) is 0 Å². The van der Waals surface area contributed by atoms with Crippen molar-refractivity contribution in [2.24, 2.45) is 5.92 Å². The maximum atomic E-state index is 13.0. The highest BCUT2D eigenvalue weighted by molar-refractivity contribution is 6.12. The molecule has 2 aromatic rings. The van der Waals surface area contributed by atoms with Gasteiger partial charge in [0.05, 0.1) is 19.6 Å². The van der Waals surface area contributed by atoms with Gasteiger partial charge in [-0.1, -0.05) is 93.4 Å². The summed E-state index contributed by atoms with van der Waals surface area (Å²) in [6, 6.07) is 15.7. The molecule has 6 rings (SSSR count). The number of carbonyl (C=O) groups excluding carboxylic acids is 6. The maximum absolute atomic E-state index is 13.0. The molecule has 2 saturated heterocycles. The molecule has 1 aliphatic carbocycles. The minimum Gasteiger partial charge on any atom is -0.382 e. The molecular weight excluding hydrogens is 646 g/mol. The van der Waals surface area contributed by atoms with E-state index in [0.717, 1.165) is 46.6 Å². The minimum absolute atomic E-state index is 0.175. The first kappa shape index (κ1) is 38.7. The van der Waals surface area contributed by atoms with Gasteiger partial charge < -0.3 is 15.1 Å². The number of carbonyl (C=O) groups is 6. The zero-order chi connectivity index (χ0) is 37.5. The summed E-state index contributed by atoms with van der Waals surface area (Å²) < 4.78 is 0. The molecule has 51 heavy (non-hydrogen) atoms. The number of rotatable bonds is 9. The summed E-state index contributed by atoms with van der Waals surface area (Å²) in [5.41, 5.74) is 1.21. The molecule has 1 N–H and O–H groups in total. The van der Waals surface area contributed by atoms with Gasteiger partial charge in [-0.3, -0.25) is 29.0 Å². The van der Waals surface area contributed by atoms with Crippen molar-refractivity contribution >= 4 is 35.4 Å². The summed E-state index contributed by atoms with van der Waals surface area (Å²) in [4.78, 5) is 81.1. The number of dihydropyridines is 1. The van der Waals surface area contributed by atoms with Gasteiger partial charge in [0.1, 0.15) is 11.1 Å². The van der Waals surface area contributed by atoms with E-state index in [-0.39, 0.29) is 48.4 Å². The molecule has 3 aliphatic heterocycles. The van der Waals surface area contributed by atoms with Crippen molar-refractivity contribution in [2.45, 2.75) is 77.8 Å². The average Bonchev–Trinajstić information content (AvgIpc) is 3.80. The van der Waals surface area contributed by atoms with Crippen molar-refractivity contribution in [1.29, 1.82) is 0 Å². The Morgan fingerprint density at radius 1 is 0.784 bits per heavy atom. The minimum atomic E-state index is -1.000. The van der Waals surface area contributed by atoms with Crippen molar-refractivity contribution in [3.8, 4) is 0 Å². The van der Waals surface area contributed by atoms with E-state index in [1.54, 1.807) is 70.2 Å². The van der Waals surface area contributed by atoms with Crippen molar-refractivity contribution in [3.05, 3.63) is 102 Å². The van der Waals surface area contributed by atoms with E-state index in [4.69, 9.17) is 0 Å². The van der Waals surface area contributed by atoms with E-state index in [1.165, 1.54) is 9.80 Å². The summed E-state index contributed by atoms with van der Waals surface area (Å²) in [5.74, 6) is -0.898. The fraction of sp³-hybridized carbons (Fsp3) is 0.425. The van der Waals surface area contributed by atoms with Crippen LogP contribution in [0.4, 0.5) is 9.59 Å². The molecule has 0 aromatic heterocycles. The van der Waals surface area contributed by atoms with Crippen LogP contribution >= 0.6 is 0 Å². The highest BCUT2D eigenvalue weighted by atomic mass is 16.2. The summed E-state index contributed by atoms with van der Waals surface area (Å²) in [6.45, 7) is 10.8. The lowest BCUT2D eigenvalue weighted by Crippen LogP contribution is -2.50. The van der Waals surface area contributed by atoms with Crippen LogP contribution in [0.25, 0.3) is 0 Å². The molecule has 1 saturated carbocycles. The van der Waals surface area contributed by atoms with E-state index in [2.05, 4.69) is 5.32 Å². The molecule has 11 nitrogen and oxygen atoms in total. The van der Waals surface area contributed by atoms with Gasteiger partial charge >= 0.3 is 12.1 Å². The van der Waals surface area contributed by atoms with E-state index < -0.39 is 17.1 Å². The Bertz CT molecular complexity index is 1710. The first-order valence-electron chi connectivity index (χ1n) is 17.6. The van der Waals surface area contributed by atoms with Crippen LogP contribution in [0.15, 0.2) is 78.5 Å². The normalized spacial score (nSPS) is 23.1. The van der Waals surface area contributed by atoms with Gasteiger partial charge in [-0.25, -0.2) is 9.59 Å². The number of Topliss-reactive ketones (excluding diaryl/α,β-unsaturated/α-hetero) is 2. The van der Waals surface area contributed by atoms with Crippen molar-refractivity contribution < 1.29 is 28.8 Å². The first-order chi connectivity index (χ1) is 24.3. The SMILES string of the molecule is CC.CN1C(=O)N(CC(=O)C2=CN[CH]C=C2)C(=O)C1(C)C1CCCC1.Cc1ccccc1CC1(C)C(=O)N(CC(=O)c2ccccc2)C(=O)N1C. The van der Waals surface area contributed by atoms with Gasteiger partial charge in [0.2, 0.25) is 0 Å². The molecule has 1 radical (unpaired) electrons. The van der Waals surface area contributed by atoms with E-state index >= 15 is 0 Å². The molecular formula is C40H50N5O6. The van der Waals surface area contributed by atoms with Crippen molar-refractivity contribution in [3.63, 3.8) is 0 Å². The highest BCUT2D eigenvalue weighted by Crippen LogP contribution is 2.42. The molecule has 2 atom stereocenters. The van der Waals surface area contributed by atoms with E-state index in [9.17, 15) is 28.8 Å². The molecule has 4 aliphatic rings. The molecule has 271 valence electrons. The summed E-state index contributed by atoms with van der Waals surface area (Å²) >= 11 is 0. The number of amides is 6. The molecule has 2 aromatic carbocycles. The average molecular weight is 697 g/mol. The van der Waals surface area contributed by atoms with Crippen LogP contribution in [-0.2, 0) is 20.8 Å². The second-order valence-electron chi connectivity index (χ2n) is 13.5. The number of likely N-dealkylation sites (N-methyl/N-ethyl adjacent to an activating group) is 2. The second-order valence-corrected chi connectivity index (χ2v) is 13.5. The van der Waals surface area contributed by atoms with Crippen LogP contribution in [0.3, 0.4) is 0 Å². The number of nitrogens with one attached hydrogen (secondary N) is 1. The monoisotopic (exact) mass is 696 g/mol. The predicted octanol–water partition coefficient (Wildman–Crippen LogP) is 5.70. The topological polar surface area (TPSA) is 127 Å². The summed E-state index contributed by atoms with van der Waals surface area (Å²) in [7, 11) is 3.28. The number of hydrogen-bond donors (Lipinski definition) is 1. The molecule has 3 fully saturated rings. The third-order valence-corrected chi connectivity index (χ3v) is 10.5. The van der Waals surface area contributed by atoms with Crippen LogP contribution in [-0.4, -0.2) is 93.3 Å². The Balaban J connectivity index is 0.000000220. The van der Waals surface area contributed by atoms with Gasteiger partial charge in [0.15, 0.2) is 11.6 Å². The molecule has 0 spiro atoms. The zero-order valence-corrected chi connectivity index (χ0v) is 30.8. The van der Waals surface area contributed by atoms with Gasteiger partial charge in [-0.15, -0.1) is 0 Å². The second kappa shape index (κ2) is 16.3. The van der Waals surface area contributed by atoms with Gasteiger partial charge in [0, 0.05) is 37.9 Å². The summed E-state index contributed by atoms with van der Waals surface area (Å²) in [5, 5.41) is 2.84. The Kier molecular flexibility index (Phi) is 12.4. The number of urea groups is 2. The molecule has 0 bridgehead atoms. The van der Waals surface area contributed by atoms with Crippen LogP contribution in [0.2, 0.25) is 0 Å². The molecule has 6 amide bonds. The summed E-state index contributed by atoms with van der Waals surface area (Å²) in [6.07, 6.45) is 9.47. The number of benzene rings is 2. The molecule has 2 unspecified atom stereocenters. The van der Waals surface area contributed by atoms with Gasteiger partial charge in [-0.05, 0) is 50.7 Å². The largest absolute Gasteiger partial charge is 0.382 e. The Morgan fingerprint density at radius 2 is 1.35 bits per heavy atom. The smallest absolute Gasteiger partial charge is 0.327 e. The fourth-order valence-corrected chi connectivity index (χ4v) is 7.05. The van der Waals surface area contributed by atoms with Crippen molar-refractivity contribution in [2.75, 3.05) is 27.2 Å². The number of ketones is 2. The number of hydrogen-bond acceptors (Lipinski definition) is 7. The Hall–Kier alpha value is -5.06. The van der Waals surface area contributed by atoms with Crippen LogP contribution in [0, 0.1) is 19.4 Å². The number of imide groups is 2. The van der Waals surface area contributed by atoms with Crippen molar-refractivity contribution in [1.82, 2.24) is 24.9 Å². The standard InChI is InChI=1S/C21H22N2O3.C17H22N3O3.C2H6/c1-15-9-7-8-12-17(15)13-21(2)19(25)23(20(26)22(21)3)14-18(24)16-10-5-4-6-11-16;1-17(13-7-3-4-8-13)15(22)20(16(23)19(17)2)11-14(21)12-6-5-9-18-10-12;1-2/h4-12H,13-14H2,1-3H3;5-6,9-10,13,18H,3-4,7-8,11H2,1-2H3;1-2H3. The third-order valence-electron chi connectivity index (χ3n) is 10.5. The van der Waals surface area contributed by atoms with Crippen LogP contribution in [0.1, 0.15) is 74.9 Å². The lowest BCUT2D eigenvalue weighted by Gasteiger charge is -2.34. The number of allylic oxidation sites excluding steroid dienone is 1. The number of nitrogens with zero attached hydrogens (tertiary/aromatic N) is 4. The maximum Gasteiger partial charge on any atom is 0.327 e. The molecule has 11 heteroatoms. The van der Waals surface area contributed by atoms with Gasteiger partial charge in [0.25, 0.3) is 11.8 Å². The quantitative estimate of drug-likeness (QED) is 0.263. The van der Waals surface area contributed by atoms with Gasteiger partial charge in [-0.2, -0.15) is 0 Å². The van der Waals surface area contributed by atoms with E-state index in [0.29, 0.717) is 17.6 Å². The Morgan fingerprint density at radius 3 is 1.96 bits per heavy atom. The Labute approximate surface area is 301 Å². The number of aryl methyl sites for hydroxylation is 1. The van der Waals surface area contributed by atoms with Crippen LogP contribution < -0.4 is 5.32 Å². The molecule has 3 heterocycles. The lowest BCUT2D eigenvalue weighted by atomic mass is 9.83. The third kappa shape index (κ3) is 7.67. The predicted molar refractivity (Wildman–Crippen MR) is 195 cm³/mol. The van der Waals surface area contributed by atoms with E-state index in [1.807, 2.05) is 58.0 Å². The highest BCUT2D eigenvalue weighted by Gasteiger charge is 2.57. The zero-order valence-electron chi connectivity index (χ0n) is 30.8. The first-order valence-corrected chi connectivity index (χ1v) is 17.6. The fourth-order valence-electron chi connectivity index (χ4n) is 7.05. The lowest BCUT2D eigenvalue weighted by molar-refractivity contribution is -0.136.